The Balaban J connectivity index is 2.27. The summed E-state index contributed by atoms with van der Waals surface area (Å²) in [7, 11) is 0. The molecule has 0 aliphatic rings. The van der Waals surface area contributed by atoms with Crippen LogP contribution < -0.4 is 0 Å². The molecule has 0 fully saturated rings. The van der Waals surface area contributed by atoms with Crippen molar-refractivity contribution in [3.05, 3.63) is 34.9 Å². The average Bonchev–Trinajstić information content (AvgIpc) is 2.29. The van der Waals surface area contributed by atoms with E-state index >= 15 is 0 Å². The third-order valence-electron chi connectivity index (χ3n) is 2.09. The standard InChI is InChI=1S/C12H14ClFO2/c13-11-6-4-10(5-7-11)12(15)16-9-3-1-2-8-14/h4-7H,1-3,8-9H2. The van der Waals surface area contributed by atoms with Crippen molar-refractivity contribution in [3.63, 3.8) is 0 Å². The van der Waals surface area contributed by atoms with Gasteiger partial charge in [0.1, 0.15) is 0 Å². The lowest BCUT2D eigenvalue weighted by atomic mass is 10.2. The topological polar surface area (TPSA) is 26.3 Å². The van der Waals surface area contributed by atoms with Gasteiger partial charge in [0.2, 0.25) is 0 Å². The largest absolute Gasteiger partial charge is 0.462 e. The molecule has 0 spiro atoms. The highest BCUT2D eigenvalue weighted by Gasteiger charge is 2.05. The number of benzene rings is 1. The highest BCUT2D eigenvalue weighted by atomic mass is 35.5. The van der Waals surface area contributed by atoms with Crippen molar-refractivity contribution in [2.24, 2.45) is 0 Å². The fraction of sp³-hybridized carbons (Fsp3) is 0.417. The van der Waals surface area contributed by atoms with Crippen LogP contribution in [0.5, 0.6) is 0 Å². The Labute approximate surface area is 99.4 Å². The molecule has 0 unspecified atom stereocenters. The zero-order chi connectivity index (χ0) is 11.8. The summed E-state index contributed by atoms with van der Waals surface area (Å²) in [5, 5.41) is 0.583. The van der Waals surface area contributed by atoms with Crippen LogP contribution in [0.4, 0.5) is 4.39 Å². The van der Waals surface area contributed by atoms with Crippen molar-refractivity contribution in [1.29, 1.82) is 0 Å². The molecule has 0 bridgehead atoms. The van der Waals surface area contributed by atoms with Gasteiger partial charge in [-0.1, -0.05) is 11.6 Å². The molecule has 0 radical (unpaired) electrons. The number of unbranched alkanes of at least 4 members (excludes halogenated alkanes) is 2. The fourth-order valence-electron chi connectivity index (χ4n) is 1.21. The van der Waals surface area contributed by atoms with E-state index in [0.717, 1.165) is 6.42 Å². The third kappa shape index (κ3) is 4.62. The molecule has 0 heterocycles. The van der Waals surface area contributed by atoms with Gasteiger partial charge in [-0.15, -0.1) is 0 Å². The summed E-state index contributed by atoms with van der Waals surface area (Å²) in [6, 6.07) is 6.51. The summed E-state index contributed by atoms with van der Waals surface area (Å²) < 4.78 is 16.8. The normalized spacial score (nSPS) is 10.1. The Kier molecular flexibility index (Phi) is 5.86. The molecule has 88 valence electrons. The zero-order valence-corrected chi connectivity index (χ0v) is 9.67. The van der Waals surface area contributed by atoms with Crippen LogP contribution in [-0.4, -0.2) is 19.3 Å². The van der Waals surface area contributed by atoms with Crippen molar-refractivity contribution in [2.75, 3.05) is 13.3 Å². The lowest BCUT2D eigenvalue weighted by Crippen LogP contribution is -2.06. The summed E-state index contributed by atoms with van der Waals surface area (Å²) in [6.45, 7) is 0.0204. The first kappa shape index (κ1) is 13.0. The summed E-state index contributed by atoms with van der Waals surface area (Å²) in [5.41, 5.74) is 0.481. The average molecular weight is 245 g/mol. The molecule has 2 nitrogen and oxygen atoms in total. The van der Waals surface area contributed by atoms with E-state index < -0.39 is 0 Å². The van der Waals surface area contributed by atoms with Gasteiger partial charge in [0.15, 0.2) is 0 Å². The fourth-order valence-corrected chi connectivity index (χ4v) is 1.33. The molecule has 0 atom stereocenters. The van der Waals surface area contributed by atoms with Gasteiger partial charge in [-0.3, -0.25) is 4.39 Å². The molecule has 1 aromatic rings. The van der Waals surface area contributed by atoms with Gasteiger partial charge in [-0.05, 0) is 43.5 Å². The Hall–Kier alpha value is -1.09. The zero-order valence-electron chi connectivity index (χ0n) is 8.92. The SMILES string of the molecule is O=C(OCCCCCF)c1ccc(Cl)cc1. The molecule has 4 heteroatoms. The van der Waals surface area contributed by atoms with Crippen LogP contribution in [0.3, 0.4) is 0 Å². The van der Waals surface area contributed by atoms with Crippen LogP contribution in [0.25, 0.3) is 0 Å². The number of ether oxygens (including phenoxy) is 1. The van der Waals surface area contributed by atoms with Gasteiger partial charge in [-0.2, -0.15) is 0 Å². The Morgan fingerprint density at radius 2 is 1.88 bits per heavy atom. The quantitative estimate of drug-likeness (QED) is 0.564. The van der Waals surface area contributed by atoms with Crippen molar-refractivity contribution in [2.45, 2.75) is 19.3 Å². The first-order valence-corrected chi connectivity index (χ1v) is 5.60. The third-order valence-corrected chi connectivity index (χ3v) is 2.34. The van der Waals surface area contributed by atoms with Gasteiger partial charge in [0.25, 0.3) is 0 Å². The predicted molar refractivity (Wildman–Crippen MR) is 61.6 cm³/mol. The number of halogens is 2. The van der Waals surface area contributed by atoms with Gasteiger partial charge in [0, 0.05) is 5.02 Å². The van der Waals surface area contributed by atoms with Gasteiger partial charge in [-0.25, -0.2) is 4.79 Å². The van der Waals surface area contributed by atoms with E-state index in [9.17, 15) is 9.18 Å². The summed E-state index contributed by atoms with van der Waals surface area (Å²) in [4.78, 5) is 11.4. The molecule has 16 heavy (non-hydrogen) atoms. The maximum absolute atomic E-state index is 11.8. The van der Waals surface area contributed by atoms with E-state index in [4.69, 9.17) is 16.3 Å². The molecule has 0 aliphatic carbocycles. The van der Waals surface area contributed by atoms with E-state index in [2.05, 4.69) is 0 Å². The highest BCUT2D eigenvalue weighted by Crippen LogP contribution is 2.10. The second-order valence-electron chi connectivity index (χ2n) is 3.39. The second-order valence-corrected chi connectivity index (χ2v) is 3.83. The minimum atomic E-state index is -0.364. The van der Waals surface area contributed by atoms with Crippen molar-refractivity contribution in [3.8, 4) is 0 Å². The predicted octanol–water partition coefficient (Wildman–Crippen LogP) is 3.64. The molecule has 1 rings (SSSR count). The van der Waals surface area contributed by atoms with Gasteiger partial charge >= 0.3 is 5.97 Å². The molecule has 0 aliphatic heterocycles. The lowest BCUT2D eigenvalue weighted by molar-refractivity contribution is 0.0497. The van der Waals surface area contributed by atoms with Crippen LogP contribution in [0.2, 0.25) is 5.02 Å². The number of rotatable bonds is 6. The van der Waals surface area contributed by atoms with Crippen LogP contribution in [0.1, 0.15) is 29.6 Å². The minimum Gasteiger partial charge on any atom is -0.462 e. The Bertz CT molecular complexity index is 324. The van der Waals surface area contributed by atoms with E-state index in [1.54, 1.807) is 24.3 Å². The number of alkyl halides is 1. The van der Waals surface area contributed by atoms with Crippen molar-refractivity contribution >= 4 is 17.6 Å². The van der Waals surface area contributed by atoms with E-state index in [1.165, 1.54) is 0 Å². The lowest BCUT2D eigenvalue weighted by Gasteiger charge is -2.04. The smallest absolute Gasteiger partial charge is 0.338 e. The van der Waals surface area contributed by atoms with Crippen LogP contribution >= 0.6 is 11.6 Å². The number of carbonyl (C=O) groups is 1. The number of hydrogen-bond donors (Lipinski definition) is 0. The maximum atomic E-state index is 11.8. The number of esters is 1. The molecule has 0 N–H and O–H groups in total. The van der Waals surface area contributed by atoms with E-state index in [-0.39, 0.29) is 12.6 Å². The Morgan fingerprint density at radius 1 is 1.19 bits per heavy atom. The van der Waals surface area contributed by atoms with Crippen LogP contribution in [-0.2, 0) is 4.74 Å². The molecule has 0 saturated heterocycles. The number of hydrogen-bond acceptors (Lipinski definition) is 2. The molecule has 1 aromatic carbocycles. The van der Waals surface area contributed by atoms with E-state index in [0.29, 0.717) is 30.0 Å². The molecular formula is C12H14ClFO2. The Morgan fingerprint density at radius 3 is 2.50 bits per heavy atom. The monoisotopic (exact) mass is 244 g/mol. The summed E-state index contributed by atoms with van der Waals surface area (Å²) in [6.07, 6.45) is 1.96. The first-order chi connectivity index (χ1) is 7.74. The molecule has 0 aromatic heterocycles. The van der Waals surface area contributed by atoms with Crippen LogP contribution in [0.15, 0.2) is 24.3 Å². The van der Waals surface area contributed by atoms with Gasteiger partial charge < -0.3 is 4.74 Å². The number of carbonyl (C=O) groups excluding carboxylic acids is 1. The summed E-state index contributed by atoms with van der Waals surface area (Å²) >= 11 is 5.69. The maximum Gasteiger partial charge on any atom is 0.338 e. The molecule has 0 amide bonds. The van der Waals surface area contributed by atoms with Crippen molar-refractivity contribution < 1.29 is 13.9 Å². The minimum absolute atomic E-state index is 0.314. The summed E-state index contributed by atoms with van der Waals surface area (Å²) in [5.74, 6) is -0.364. The van der Waals surface area contributed by atoms with Crippen molar-refractivity contribution in [1.82, 2.24) is 0 Å². The van der Waals surface area contributed by atoms with Crippen LogP contribution in [0, 0.1) is 0 Å². The molecular weight excluding hydrogens is 231 g/mol. The van der Waals surface area contributed by atoms with Gasteiger partial charge in [0.05, 0.1) is 18.8 Å². The first-order valence-electron chi connectivity index (χ1n) is 5.22. The molecule has 0 saturated carbocycles. The highest BCUT2D eigenvalue weighted by molar-refractivity contribution is 6.30. The van der Waals surface area contributed by atoms with E-state index in [1.807, 2.05) is 0 Å². The second kappa shape index (κ2) is 7.23.